The molecule has 1 aliphatic rings. The molecule has 1 saturated carbocycles. The van der Waals surface area contributed by atoms with Gasteiger partial charge in [-0.25, -0.2) is 0 Å². The molecule has 96 valence electrons. The fraction of sp³-hybridized carbons (Fsp3) is 0.692. The van der Waals surface area contributed by atoms with Gasteiger partial charge in [0.2, 0.25) is 0 Å². The normalized spacial score (nSPS) is 27.0. The number of nitrogens with one attached hydrogen (secondary N) is 1. The molecule has 0 aliphatic heterocycles. The molecule has 0 saturated heterocycles. The van der Waals surface area contributed by atoms with Crippen molar-refractivity contribution in [2.24, 2.45) is 17.7 Å². The third kappa shape index (κ3) is 2.84. The first-order chi connectivity index (χ1) is 8.26. The van der Waals surface area contributed by atoms with Gasteiger partial charge in [0.15, 0.2) is 5.22 Å². The van der Waals surface area contributed by atoms with Crippen LogP contribution in [-0.2, 0) is 0 Å². The van der Waals surface area contributed by atoms with Crippen LogP contribution in [0.4, 0.5) is 0 Å². The van der Waals surface area contributed by atoms with E-state index < -0.39 is 0 Å². The number of hydrogen-bond acceptors (Lipinski definition) is 3. The van der Waals surface area contributed by atoms with Crippen molar-refractivity contribution < 1.29 is 4.42 Å². The zero-order valence-corrected chi connectivity index (χ0v) is 11.0. The van der Waals surface area contributed by atoms with Gasteiger partial charge in [0.25, 0.3) is 0 Å². The van der Waals surface area contributed by atoms with Crippen molar-refractivity contribution >= 4 is 11.6 Å². The van der Waals surface area contributed by atoms with Gasteiger partial charge >= 0.3 is 0 Å². The van der Waals surface area contributed by atoms with Crippen LogP contribution >= 0.6 is 11.6 Å². The van der Waals surface area contributed by atoms with E-state index in [1.165, 1.54) is 32.1 Å². The van der Waals surface area contributed by atoms with Gasteiger partial charge in [-0.2, -0.15) is 0 Å². The summed E-state index contributed by atoms with van der Waals surface area (Å²) in [5.41, 5.74) is 3.90. The first kappa shape index (κ1) is 12.9. The molecule has 1 aliphatic carbocycles. The fourth-order valence-electron chi connectivity index (χ4n) is 2.94. The first-order valence-corrected chi connectivity index (χ1v) is 6.83. The second-order valence-corrected chi connectivity index (χ2v) is 5.33. The lowest BCUT2D eigenvalue weighted by Gasteiger charge is -2.33. The molecule has 0 spiro atoms. The second kappa shape index (κ2) is 5.89. The fourth-order valence-corrected chi connectivity index (χ4v) is 3.17. The Balaban J connectivity index is 2.03. The van der Waals surface area contributed by atoms with Gasteiger partial charge in [0.1, 0.15) is 0 Å². The lowest BCUT2D eigenvalue weighted by Crippen LogP contribution is -2.35. The number of hydrogen-bond donors (Lipinski definition) is 2. The molecule has 3 N–H and O–H groups in total. The highest BCUT2D eigenvalue weighted by Crippen LogP contribution is 2.39. The zero-order valence-electron chi connectivity index (χ0n) is 10.3. The molecule has 1 atom stereocenters. The van der Waals surface area contributed by atoms with E-state index in [2.05, 4.69) is 12.3 Å². The summed E-state index contributed by atoms with van der Waals surface area (Å²) in [4.78, 5) is 0. The summed E-state index contributed by atoms with van der Waals surface area (Å²) in [5, 5.41) is 0.463. The number of rotatable bonds is 4. The Morgan fingerprint density at radius 1 is 1.47 bits per heavy atom. The average Bonchev–Trinajstić information content (AvgIpc) is 2.78. The number of hydrazine groups is 1. The lowest BCUT2D eigenvalue weighted by atomic mass is 9.76. The van der Waals surface area contributed by atoms with E-state index in [1.807, 2.05) is 6.07 Å². The highest BCUT2D eigenvalue weighted by Gasteiger charge is 2.29. The van der Waals surface area contributed by atoms with Crippen LogP contribution in [0.1, 0.15) is 50.6 Å². The molecule has 3 nitrogen and oxygen atoms in total. The maximum absolute atomic E-state index is 6.03. The molecule has 1 unspecified atom stereocenters. The highest BCUT2D eigenvalue weighted by molar-refractivity contribution is 6.29. The van der Waals surface area contributed by atoms with Crippen LogP contribution in [0.2, 0.25) is 5.22 Å². The maximum Gasteiger partial charge on any atom is 0.197 e. The Hall–Kier alpha value is -0.510. The first-order valence-electron chi connectivity index (χ1n) is 6.45. The van der Waals surface area contributed by atoms with Gasteiger partial charge in [-0.3, -0.25) is 11.3 Å². The van der Waals surface area contributed by atoms with E-state index >= 15 is 0 Å². The zero-order chi connectivity index (χ0) is 12.3. The van der Waals surface area contributed by atoms with Crippen molar-refractivity contribution in [3.63, 3.8) is 0 Å². The van der Waals surface area contributed by atoms with Crippen LogP contribution in [0.5, 0.6) is 0 Å². The van der Waals surface area contributed by atoms with Crippen LogP contribution in [0, 0.1) is 11.8 Å². The Bertz CT molecular complexity index is 345. The quantitative estimate of drug-likeness (QED) is 0.639. The van der Waals surface area contributed by atoms with Gasteiger partial charge in [0.05, 0.1) is 12.3 Å². The topological polar surface area (TPSA) is 51.2 Å². The molecule has 2 rings (SSSR count). The summed E-state index contributed by atoms with van der Waals surface area (Å²) in [5.74, 6) is 7.14. The molecule has 1 heterocycles. The molecular formula is C13H21ClN2O. The molecule has 1 aromatic heterocycles. The maximum atomic E-state index is 6.03. The van der Waals surface area contributed by atoms with E-state index in [4.69, 9.17) is 21.9 Å². The third-order valence-electron chi connectivity index (χ3n) is 4.10. The summed E-state index contributed by atoms with van der Waals surface area (Å²) in [7, 11) is 0. The van der Waals surface area contributed by atoms with E-state index in [0.29, 0.717) is 11.1 Å². The predicted molar refractivity (Wildman–Crippen MR) is 69.5 cm³/mol. The van der Waals surface area contributed by atoms with E-state index in [0.717, 1.165) is 11.5 Å². The minimum atomic E-state index is 0.124. The number of halogens is 1. The molecule has 1 fully saturated rings. The summed E-state index contributed by atoms with van der Waals surface area (Å²) < 4.78 is 5.15. The molecule has 0 aromatic carbocycles. The van der Waals surface area contributed by atoms with Gasteiger partial charge in [-0.1, -0.05) is 26.2 Å². The second-order valence-electron chi connectivity index (χ2n) is 4.98. The highest BCUT2D eigenvalue weighted by atomic mass is 35.5. The molecule has 1 aromatic rings. The van der Waals surface area contributed by atoms with Gasteiger partial charge in [0, 0.05) is 5.56 Å². The smallest absolute Gasteiger partial charge is 0.197 e. The molecule has 0 radical (unpaired) electrons. The SMILES string of the molecule is CCC1CCC(C(NN)c2ccoc2Cl)CC1. The Morgan fingerprint density at radius 2 is 2.18 bits per heavy atom. The lowest BCUT2D eigenvalue weighted by molar-refractivity contribution is 0.219. The molecule has 17 heavy (non-hydrogen) atoms. The monoisotopic (exact) mass is 256 g/mol. The van der Waals surface area contributed by atoms with E-state index in [-0.39, 0.29) is 6.04 Å². The number of furan rings is 1. The van der Waals surface area contributed by atoms with Crippen LogP contribution in [0.25, 0.3) is 0 Å². The van der Waals surface area contributed by atoms with Crippen molar-refractivity contribution in [3.8, 4) is 0 Å². The minimum Gasteiger partial charge on any atom is -0.453 e. The largest absolute Gasteiger partial charge is 0.453 e. The molecular weight excluding hydrogens is 236 g/mol. The Labute approximate surface area is 108 Å². The van der Waals surface area contributed by atoms with Crippen molar-refractivity contribution in [3.05, 3.63) is 23.1 Å². The Kier molecular flexibility index (Phi) is 4.48. The van der Waals surface area contributed by atoms with Gasteiger partial charge in [-0.15, -0.1) is 0 Å². The number of nitrogens with two attached hydrogens (primary N) is 1. The van der Waals surface area contributed by atoms with E-state index in [9.17, 15) is 0 Å². The van der Waals surface area contributed by atoms with E-state index in [1.54, 1.807) is 6.26 Å². The van der Waals surface area contributed by atoms with Crippen LogP contribution in [0.15, 0.2) is 16.7 Å². The third-order valence-corrected chi connectivity index (χ3v) is 4.41. The summed E-state index contributed by atoms with van der Waals surface area (Å²) in [6.45, 7) is 2.27. The van der Waals surface area contributed by atoms with Crippen molar-refractivity contribution in [2.75, 3.05) is 0 Å². The molecule has 0 amide bonds. The van der Waals surface area contributed by atoms with Gasteiger partial charge in [-0.05, 0) is 42.3 Å². The van der Waals surface area contributed by atoms with Crippen LogP contribution in [0.3, 0.4) is 0 Å². The van der Waals surface area contributed by atoms with Crippen LogP contribution < -0.4 is 11.3 Å². The molecule has 4 heteroatoms. The summed E-state index contributed by atoms with van der Waals surface area (Å²) >= 11 is 6.03. The van der Waals surface area contributed by atoms with Crippen molar-refractivity contribution in [1.82, 2.24) is 5.43 Å². The van der Waals surface area contributed by atoms with Crippen molar-refractivity contribution in [2.45, 2.75) is 45.1 Å². The summed E-state index contributed by atoms with van der Waals surface area (Å²) in [6.07, 6.45) is 7.95. The Morgan fingerprint density at radius 3 is 2.65 bits per heavy atom. The minimum absolute atomic E-state index is 0.124. The standard InChI is InChI=1S/C13H21ClN2O/c1-2-9-3-5-10(6-4-9)12(16-15)11-7-8-17-13(11)14/h7-10,12,16H,2-6,15H2,1H3. The van der Waals surface area contributed by atoms with Gasteiger partial charge < -0.3 is 4.42 Å². The molecule has 0 bridgehead atoms. The predicted octanol–water partition coefficient (Wildman–Crippen LogP) is 3.65. The van der Waals surface area contributed by atoms with Crippen LogP contribution in [-0.4, -0.2) is 0 Å². The average molecular weight is 257 g/mol. The van der Waals surface area contributed by atoms with Crippen molar-refractivity contribution in [1.29, 1.82) is 0 Å². The summed E-state index contributed by atoms with van der Waals surface area (Å²) in [6, 6.07) is 2.04.